The first-order valence-electron chi connectivity index (χ1n) is 8.23. The Bertz CT molecular complexity index is 761. The van der Waals surface area contributed by atoms with E-state index in [-0.39, 0.29) is 30.6 Å². The van der Waals surface area contributed by atoms with Crippen LogP contribution in [0.5, 0.6) is 0 Å². The van der Waals surface area contributed by atoms with Crippen molar-refractivity contribution in [2.24, 2.45) is 0 Å². The predicted molar refractivity (Wildman–Crippen MR) is 95.4 cm³/mol. The summed E-state index contributed by atoms with van der Waals surface area (Å²) in [5.74, 6) is -0.886. The molecule has 0 spiro atoms. The third-order valence-electron chi connectivity index (χ3n) is 4.32. The number of halogens is 1. The highest BCUT2D eigenvalue weighted by atomic mass is 19.1. The molecular formula is C20H23FN2O2. The van der Waals surface area contributed by atoms with Gasteiger partial charge in [-0.05, 0) is 31.0 Å². The first-order valence-corrected chi connectivity index (χ1v) is 8.23. The molecule has 0 radical (unpaired) electrons. The van der Waals surface area contributed by atoms with Gasteiger partial charge in [-0.25, -0.2) is 4.39 Å². The number of aryl methyl sites for hydroxylation is 1. The molecule has 0 bridgehead atoms. The summed E-state index contributed by atoms with van der Waals surface area (Å²) in [4.78, 5) is 26.3. The van der Waals surface area contributed by atoms with Gasteiger partial charge >= 0.3 is 0 Å². The molecule has 0 fully saturated rings. The van der Waals surface area contributed by atoms with Crippen molar-refractivity contribution in [1.29, 1.82) is 0 Å². The molecule has 2 aromatic rings. The van der Waals surface area contributed by atoms with Crippen LogP contribution in [-0.4, -0.2) is 29.8 Å². The zero-order valence-electron chi connectivity index (χ0n) is 14.8. The summed E-state index contributed by atoms with van der Waals surface area (Å²) in [5, 5.41) is 2.55. The zero-order chi connectivity index (χ0) is 18.4. The Kier molecular flexibility index (Phi) is 6.28. The first kappa shape index (κ1) is 18.6. The van der Waals surface area contributed by atoms with Crippen molar-refractivity contribution in [3.05, 3.63) is 71.0 Å². The van der Waals surface area contributed by atoms with Crippen molar-refractivity contribution in [1.82, 2.24) is 10.2 Å². The number of likely N-dealkylation sites (N-methyl/N-ethyl adjacent to an activating group) is 1. The van der Waals surface area contributed by atoms with Crippen LogP contribution in [0.25, 0.3) is 0 Å². The molecular weight excluding hydrogens is 319 g/mol. The Labute approximate surface area is 147 Å². The monoisotopic (exact) mass is 342 g/mol. The van der Waals surface area contributed by atoms with Crippen molar-refractivity contribution in [3.63, 3.8) is 0 Å². The topological polar surface area (TPSA) is 49.4 Å². The van der Waals surface area contributed by atoms with Gasteiger partial charge in [0.1, 0.15) is 11.9 Å². The summed E-state index contributed by atoms with van der Waals surface area (Å²) < 4.78 is 14.0. The quantitative estimate of drug-likeness (QED) is 0.878. The van der Waals surface area contributed by atoms with Crippen LogP contribution < -0.4 is 5.32 Å². The van der Waals surface area contributed by atoms with E-state index in [0.29, 0.717) is 5.56 Å². The average Bonchev–Trinajstić information content (AvgIpc) is 2.61. The molecule has 1 N–H and O–H groups in total. The molecule has 0 unspecified atom stereocenters. The first-order chi connectivity index (χ1) is 11.9. The summed E-state index contributed by atoms with van der Waals surface area (Å²) in [5.41, 5.74) is 2.29. The molecule has 0 aliphatic carbocycles. The largest absolute Gasteiger partial charge is 0.357 e. The van der Waals surface area contributed by atoms with Gasteiger partial charge in [0.25, 0.3) is 0 Å². The van der Waals surface area contributed by atoms with Crippen LogP contribution in [-0.2, 0) is 22.6 Å². The lowest BCUT2D eigenvalue weighted by molar-refractivity contribution is -0.139. The minimum atomic E-state index is -0.693. The third-order valence-corrected chi connectivity index (χ3v) is 4.32. The van der Waals surface area contributed by atoms with Gasteiger partial charge in [-0.15, -0.1) is 0 Å². The molecule has 5 heteroatoms. The highest BCUT2D eigenvalue weighted by Gasteiger charge is 2.26. The number of hydrogen-bond donors (Lipinski definition) is 1. The molecule has 1 atom stereocenters. The molecule has 2 amide bonds. The average molecular weight is 342 g/mol. The molecule has 132 valence electrons. The molecule has 2 aromatic carbocycles. The maximum Gasteiger partial charge on any atom is 0.242 e. The van der Waals surface area contributed by atoms with E-state index in [0.717, 1.165) is 11.1 Å². The molecule has 0 aromatic heterocycles. The van der Waals surface area contributed by atoms with Crippen molar-refractivity contribution < 1.29 is 14.0 Å². The molecule has 0 saturated carbocycles. The minimum Gasteiger partial charge on any atom is -0.357 e. The van der Waals surface area contributed by atoms with E-state index in [1.54, 1.807) is 25.1 Å². The molecule has 0 heterocycles. The SMILES string of the molecule is CNC(=O)[C@H](C)N(Cc1ccccc1F)C(=O)Cc1ccccc1C. The number of rotatable bonds is 6. The smallest absolute Gasteiger partial charge is 0.242 e. The van der Waals surface area contributed by atoms with Crippen molar-refractivity contribution in [2.75, 3.05) is 7.05 Å². The van der Waals surface area contributed by atoms with Crippen molar-refractivity contribution in [3.8, 4) is 0 Å². The second kappa shape index (κ2) is 8.42. The fraction of sp³-hybridized carbons (Fsp3) is 0.300. The Morgan fingerprint density at radius 1 is 1.08 bits per heavy atom. The van der Waals surface area contributed by atoms with Gasteiger partial charge in [0.15, 0.2) is 0 Å². The summed E-state index contributed by atoms with van der Waals surface area (Å²) in [6.45, 7) is 3.63. The number of nitrogens with one attached hydrogen (secondary N) is 1. The summed E-state index contributed by atoms with van der Waals surface area (Å²) in [6, 6.07) is 13.2. The molecule has 0 saturated heterocycles. The Morgan fingerprint density at radius 2 is 1.68 bits per heavy atom. The van der Waals surface area contributed by atoms with Gasteiger partial charge in [0, 0.05) is 19.2 Å². The number of nitrogens with zero attached hydrogens (tertiary/aromatic N) is 1. The fourth-order valence-electron chi connectivity index (χ4n) is 2.67. The lowest BCUT2D eigenvalue weighted by atomic mass is 10.0. The Balaban J connectivity index is 2.27. The normalized spacial score (nSPS) is 11.7. The van der Waals surface area contributed by atoms with E-state index >= 15 is 0 Å². The van der Waals surface area contributed by atoms with Crippen LogP contribution in [0.1, 0.15) is 23.6 Å². The predicted octanol–water partition coefficient (Wildman–Crippen LogP) is 2.84. The van der Waals surface area contributed by atoms with Crippen LogP contribution in [0.3, 0.4) is 0 Å². The summed E-state index contributed by atoms with van der Waals surface area (Å²) >= 11 is 0. The number of benzene rings is 2. The number of amides is 2. The van der Waals surface area contributed by atoms with E-state index in [2.05, 4.69) is 5.32 Å². The van der Waals surface area contributed by atoms with Crippen molar-refractivity contribution >= 4 is 11.8 Å². The van der Waals surface area contributed by atoms with E-state index in [4.69, 9.17) is 0 Å². The maximum absolute atomic E-state index is 14.0. The standard InChI is InChI=1S/C20H23FN2O2/c1-14-8-4-5-9-16(14)12-19(24)23(15(2)20(25)22-3)13-17-10-6-7-11-18(17)21/h4-11,15H,12-13H2,1-3H3,(H,22,25)/t15-/m0/s1. The van der Waals surface area contributed by atoms with Gasteiger partial charge in [-0.2, -0.15) is 0 Å². The van der Waals surface area contributed by atoms with E-state index < -0.39 is 6.04 Å². The number of carbonyl (C=O) groups excluding carboxylic acids is 2. The number of hydrogen-bond acceptors (Lipinski definition) is 2. The van der Waals surface area contributed by atoms with Gasteiger partial charge in [0.05, 0.1) is 6.42 Å². The maximum atomic E-state index is 14.0. The second-order valence-corrected chi connectivity index (χ2v) is 6.01. The van der Waals surface area contributed by atoms with Gasteiger partial charge in [0.2, 0.25) is 11.8 Å². The van der Waals surface area contributed by atoms with Crippen LogP contribution in [0.2, 0.25) is 0 Å². The fourth-order valence-corrected chi connectivity index (χ4v) is 2.67. The van der Waals surface area contributed by atoms with Crippen LogP contribution in [0.15, 0.2) is 48.5 Å². The van der Waals surface area contributed by atoms with Crippen LogP contribution in [0.4, 0.5) is 4.39 Å². The van der Waals surface area contributed by atoms with Crippen LogP contribution in [0, 0.1) is 12.7 Å². The van der Waals surface area contributed by atoms with Crippen LogP contribution >= 0.6 is 0 Å². The molecule has 25 heavy (non-hydrogen) atoms. The van der Waals surface area contributed by atoms with Crippen molar-refractivity contribution in [2.45, 2.75) is 32.9 Å². The minimum absolute atomic E-state index is 0.0476. The lowest BCUT2D eigenvalue weighted by Gasteiger charge is -2.28. The second-order valence-electron chi connectivity index (χ2n) is 6.01. The van der Waals surface area contributed by atoms with Gasteiger partial charge in [-0.1, -0.05) is 42.5 Å². The Hall–Kier alpha value is -2.69. The molecule has 2 rings (SSSR count). The number of carbonyl (C=O) groups is 2. The Morgan fingerprint density at radius 3 is 2.28 bits per heavy atom. The highest BCUT2D eigenvalue weighted by molar-refractivity contribution is 5.88. The van der Waals surface area contributed by atoms with E-state index in [1.165, 1.54) is 18.0 Å². The zero-order valence-corrected chi connectivity index (χ0v) is 14.8. The summed E-state index contributed by atoms with van der Waals surface area (Å²) in [6.07, 6.45) is 0.169. The molecule has 0 aliphatic heterocycles. The molecule has 0 aliphatic rings. The molecule has 4 nitrogen and oxygen atoms in total. The van der Waals surface area contributed by atoms with E-state index in [1.807, 2.05) is 31.2 Å². The summed E-state index contributed by atoms with van der Waals surface area (Å²) in [7, 11) is 1.52. The van der Waals surface area contributed by atoms with E-state index in [9.17, 15) is 14.0 Å². The van der Waals surface area contributed by atoms with Gasteiger partial charge < -0.3 is 10.2 Å². The highest BCUT2D eigenvalue weighted by Crippen LogP contribution is 2.16. The van der Waals surface area contributed by atoms with Gasteiger partial charge in [-0.3, -0.25) is 9.59 Å². The third kappa shape index (κ3) is 4.66. The lowest BCUT2D eigenvalue weighted by Crippen LogP contribution is -2.47.